The summed E-state index contributed by atoms with van der Waals surface area (Å²) in [4.78, 5) is 24.1. The molecule has 34 heavy (non-hydrogen) atoms. The van der Waals surface area contributed by atoms with Gasteiger partial charge < -0.3 is 29.4 Å². The van der Waals surface area contributed by atoms with Crippen LogP contribution >= 0.6 is 7.52 Å². The molecule has 184 valence electrons. The lowest BCUT2D eigenvalue weighted by atomic mass is 10.2. The monoisotopic (exact) mass is 492 g/mol. The minimum Gasteiger partial charge on any atom is -0.480 e. The number of methoxy groups -OCH3 is 1. The Hall–Kier alpha value is -3.05. The van der Waals surface area contributed by atoms with E-state index < -0.39 is 19.5 Å². The van der Waals surface area contributed by atoms with Crippen molar-refractivity contribution in [2.24, 2.45) is 0 Å². The number of carboxylic acids is 1. The van der Waals surface area contributed by atoms with E-state index in [9.17, 15) is 14.5 Å². The molecule has 0 bridgehead atoms. The van der Waals surface area contributed by atoms with Gasteiger partial charge in [-0.05, 0) is 12.5 Å². The second-order valence-corrected chi connectivity index (χ2v) is 9.71. The molecule has 0 aliphatic rings. The number of aliphatic carboxylic acids is 1. The van der Waals surface area contributed by atoms with Gasteiger partial charge in [0, 0.05) is 13.1 Å². The van der Waals surface area contributed by atoms with Crippen LogP contribution in [-0.4, -0.2) is 67.9 Å². The lowest BCUT2D eigenvalue weighted by Gasteiger charge is -2.32. The first-order valence-electron chi connectivity index (χ1n) is 10.7. The SMILES string of the molecule is CCN(C(C)C(=O)O)P(=O)(COCCn1cnc2c(OC)nc(N)nc21)OCc1ccccc1. The molecule has 0 saturated heterocycles. The number of rotatable bonds is 13. The Morgan fingerprint density at radius 2 is 2.03 bits per heavy atom. The predicted molar refractivity (Wildman–Crippen MR) is 125 cm³/mol. The molecule has 2 atom stereocenters. The van der Waals surface area contributed by atoms with Gasteiger partial charge in [0.15, 0.2) is 11.2 Å². The number of nitrogens with two attached hydrogens (primary N) is 1. The molecule has 0 saturated carbocycles. The highest BCUT2D eigenvalue weighted by atomic mass is 31.2. The van der Waals surface area contributed by atoms with Gasteiger partial charge >= 0.3 is 5.97 Å². The number of likely N-dealkylation sites (N-methyl/N-ethyl adjacent to an activating group) is 1. The molecule has 3 rings (SSSR count). The zero-order valence-electron chi connectivity index (χ0n) is 19.3. The molecule has 0 amide bonds. The molecule has 2 unspecified atom stereocenters. The summed E-state index contributed by atoms with van der Waals surface area (Å²) in [5.74, 6) is -0.782. The van der Waals surface area contributed by atoms with Crippen molar-refractivity contribution >= 4 is 30.6 Å². The predicted octanol–water partition coefficient (Wildman–Crippen LogP) is 2.60. The van der Waals surface area contributed by atoms with Crippen LogP contribution < -0.4 is 10.5 Å². The lowest BCUT2D eigenvalue weighted by molar-refractivity contribution is -0.141. The van der Waals surface area contributed by atoms with Crippen molar-refractivity contribution in [2.45, 2.75) is 33.0 Å². The van der Waals surface area contributed by atoms with Gasteiger partial charge in [-0.1, -0.05) is 37.3 Å². The highest BCUT2D eigenvalue weighted by molar-refractivity contribution is 7.56. The second-order valence-electron chi connectivity index (χ2n) is 7.41. The smallest absolute Gasteiger partial charge is 0.321 e. The third-order valence-electron chi connectivity index (χ3n) is 5.17. The van der Waals surface area contributed by atoms with Crippen molar-refractivity contribution in [1.82, 2.24) is 24.2 Å². The number of aromatic nitrogens is 4. The van der Waals surface area contributed by atoms with E-state index in [0.29, 0.717) is 17.7 Å². The molecular formula is C21H29N6O6P. The van der Waals surface area contributed by atoms with Crippen molar-refractivity contribution in [1.29, 1.82) is 0 Å². The third-order valence-corrected chi connectivity index (χ3v) is 7.62. The highest BCUT2D eigenvalue weighted by Gasteiger charge is 2.37. The van der Waals surface area contributed by atoms with E-state index in [1.807, 2.05) is 30.3 Å². The molecule has 3 N–H and O–H groups in total. The van der Waals surface area contributed by atoms with Gasteiger partial charge in [-0.3, -0.25) is 9.36 Å². The Kier molecular flexibility index (Phi) is 8.56. The average Bonchev–Trinajstić information content (AvgIpc) is 3.23. The van der Waals surface area contributed by atoms with Crippen molar-refractivity contribution in [3.05, 3.63) is 42.2 Å². The fraction of sp³-hybridized carbons (Fsp3) is 0.429. The highest BCUT2D eigenvalue weighted by Crippen LogP contribution is 2.52. The average molecular weight is 492 g/mol. The van der Waals surface area contributed by atoms with E-state index in [-0.39, 0.29) is 37.9 Å². The fourth-order valence-electron chi connectivity index (χ4n) is 3.40. The molecule has 2 aromatic heterocycles. The number of fused-ring (bicyclic) bond motifs is 1. The summed E-state index contributed by atoms with van der Waals surface area (Å²) < 4.78 is 33.6. The van der Waals surface area contributed by atoms with Gasteiger partial charge in [-0.2, -0.15) is 9.97 Å². The van der Waals surface area contributed by atoms with Crippen molar-refractivity contribution in [3.8, 4) is 5.88 Å². The summed E-state index contributed by atoms with van der Waals surface area (Å²) in [6.07, 6.45) is 1.28. The molecule has 12 nitrogen and oxygen atoms in total. The van der Waals surface area contributed by atoms with Crippen molar-refractivity contribution < 1.29 is 28.5 Å². The van der Waals surface area contributed by atoms with E-state index in [2.05, 4.69) is 15.0 Å². The molecule has 0 fully saturated rings. The number of ether oxygens (including phenoxy) is 2. The van der Waals surface area contributed by atoms with Gasteiger partial charge in [0.1, 0.15) is 12.4 Å². The van der Waals surface area contributed by atoms with Crippen LogP contribution in [0.3, 0.4) is 0 Å². The Labute approximate surface area is 197 Å². The minimum absolute atomic E-state index is 0.0482. The van der Waals surface area contributed by atoms with Crippen LogP contribution in [0.15, 0.2) is 36.7 Å². The maximum Gasteiger partial charge on any atom is 0.321 e. The van der Waals surface area contributed by atoms with Gasteiger partial charge in [-0.25, -0.2) is 9.65 Å². The molecule has 0 aliphatic carbocycles. The number of nitrogen functional groups attached to an aromatic ring is 1. The quantitative estimate of drug-likeness (QED) is 0.267. The van der Waals surface area contributed by atoms with E-state index in [4.69, 9.17) is 19.7 Å². The van der Waals surface area contributed by atoms with Crippen LogP contribution in [-0.2, 0) is 31.8 Å². The van der Waals surface area contributed by atoms with Gasteiger partial charge in [0.2, 0.25) is 11.8 Å². The Bertz CT molecular complexity index is 1160. The number of nitrogens with zero attached hydrogens (tertiary/aromatic N) is 5. The maximum absolute atomic E-state index is 13.8. The maximum atomic E-state index is 13.8. The second kappa shape index (κ2) is 11.4. The summed E-state index contributed by atoms with van der Waals surface area (Å²) in [6.45, 7) is 3.95. The number of imidazole rings is 1. The summed E-state index contributed by atoms with van der Waals surface area (Å²) in [7, 11) is -2.17. The summed E-state index contributed by atoms with van der Waals surface area (Å²) in [5, 5.41) is 9.49. The Balaban J connectivity index is 1.71. The first-order chi connectivity index (χ1) is 16.3. The van der Waals surface area contributed by atoms with Gasteiger partial charge in [-0.15, -0.1) is 0 Å². The molecule has 13 heteroatoms. The number of carbonyl (C=O) groups is 1. The Morgan fingerprint density at radius 1 is 1.29 bits per heavy atom. The Morgan fingerprint density at radius 3 is 2.68 bits per heavy atom. The molecule has 0 aliphatic heterocycles. The fourth-order valence-corrected chi connectivity index (χ4v) is 5.54. The number of hydrogen-bond donors (Lipinski definition) is 2. The topological polar surface area (TPSA) is 155 Å². The normalized spacial score (nSPS) is 14.2. The third kappa shape index (κ3) is 5.89. The zero-order chi connectivity index (χ0) is 24.7. The number of carboxylic acid groups (broad SMARTS) is 1. The lowest BCUT2D eigenvalue weighted by Crippen LogP contribution is -2.38. The van der Waals surface area contributed by atoms with Crippen molar-refractivity contribution in [3.63, 3.8) is 0 Å². The van der Waals surface area contributed by atoms with E-state index in [1.54, 1.807) is 17.8 Å². The molecule has 3 aromatic rings. The van der Waals surface area contributed by atoms with Crippen LogP contribution in [0.25, 0.3) is 11.2 Å². The van der Waals surface area contributed by atoms with Crippen molar-refractivity contribution in [2.75, 3.05) is 32.3 Å². The van der Waals surface area contributed by atoms with E-state index >= 15 is 0 Å². The van der Waals surface area contributed by atoms with Crippen LogP contribution in [0.4, 0.5) is 5.95 Å². The zero-order valence-corrected chi connectivity index (χ0v) is 20.2. The first-order valence-corrected chi connectivity index (χ1v) is 12.4. The standard InChI is InChI=1S/C21H29N6O6P/c1-4-27(15(2)20(28)29)34(30,33-12-16-8-6-5-7-9-16)14-32-11-10-26-13-23-17-18(26)24-21(22)25-19(17)31-3/h5-9,13,15H,4,10-12,14H2,1-3H3,(H,28,29)(H2,22,24,25). The molecule has 0 spiro atoms. The van der Waals surface area contributed by atoms with Crippen LogP contribution in [0.2, 0.25) is 0 Å². The summed E-state index contributed by atoms with van der Waals surface area (Å²) in [5.41, 5.74) is 7.50. The van der Waals surface area contributed by atoms with Crippen LogP contribution in [0.5, 0.6) is 5.88 Å². The summed E-state index contributed by atoms with van der Waals surface area (Å²) >= 11 is 0. The number of benzene rings is 1. The van der Waals surface area contributed by atoms with Crippen LogP contribution in [0.1, 0.15) is 19.4 Å². The molecule has 2 heterocycles. The molecule has 0 radical (unpaired) electrons. The molecule has 1 aromatic carbocycles. The van der Waals surface area contributed by atoms with Gasteiger partial charge in [0.25, 0.3) is 7.52 Å². The first kappa shape index (κ1) is 25.6. The van der Waals surface area contributed by atoms with E-state index in [0.717, 1.165) is 5.56 Å². The number of anilines is 1. The number of hydrogen-bond acceptors (Lipinski definition) is 9. The van der Waals surface area contributed by atoms with E-state index in [1.165, 1.54) is 18.7 Å². The molecular weight excluding hydrogens is 463 g/mol. The minimum atomic E-state index is -3.64. The van der Waals surface area contributed by atoms with Gasteiger partial charge in [0.05, 0.1) is 26.7 Å². The summed E-state index contributed by atoms with van der Waals surface area (Å²) in [6, 6.07) is 8.23. The van der Waals surface area contributed by atoms with Crippen LogP contribution in [0, 0.1) is 0 Å². The largest absolute Gasteiger partial charge is 0.480 e.